The van der Waals surface area contributed by atoms with E-state index in [4.69, 9.17) is 8.83 Å². The van der Waals surface area contributed by atoms with Gasteiger partial charge in [0.25, 0.3) is 0 Å². The van der Waals surface area contributed by atoms with Crippen molar-refractivity contribution in [2.45, 2.75) is 44.9 Å². The van der Waals surface area contributed by atoms with Crippen LogP contribution in [-0.2, 0) is 0 Å². The summed E-state index contributed by atoms with van der Waals surface area (Å²) in [5.74, 6) is 2.63. The molecule has 0 radical (unpaired) electrons. The van der Waals surface area contributed by atoms with E-state index in [1.165, 1.54) is 19.3 Å². The maximum absolute atomic E-state index is 9.49. The van der Waals surface area contributed by atoms with Gasteiger partial charge in [-0.1, -0.05) is 19.3 Å². The molecule has 8 heteroatoms. The summed E-state index contributed by atoms with van der Waals surface area (Å²) in [5.41, 5.74) is 0.690. The van der Waals surface area contributed by atoms with Crippen molar-refractivity contribution in [1.82, 2.24) is 9.97 Å². The summed E-state index contributed by atoms with van der Waals surface area (Å²) in [6.07, 6.45) is 5.82. The fourth-order valence-electron chi connectivity index (χ4n) is 3.96. The van der Waals surface area contributed by atoms with Crippen LogP contribution < -0.4 is 9.80 Å². The third kappa shape index (κ3) is 3.35. The summed E-state index contributed by atoms with van der Waals surface area (Å²) in [6, 6.07) is 4.27. The summed E-state index contributed by atoms with van der Waals surface area (Å²) in [7, 11) is 0. The van der Waals surface area contributed by atoms with Crippen molar-refractivity contribution in [3.8, 4) is 12.1 Å². The second kappa shape index (κ2) is 7.32. The van der Waals surface area contributed by atoms with E-state index in [0.29, 0.717) is 67.0 Å². The Labute approximate surface area is 158 Å². The number of aromatic nitrogens is 2. The molecule has 3 heterocycles. The SMILES string of the molecule is Cc1nc(C#N)c(N2CCN(c3oc(C4CCCCC4)nc3C#N)CC2)o1. The molecule has 1 aliphatic heterocycles. The van der Waals surface area contributed by atoms with E-state index in [1.807, 2.05) is 4.90 Å². The summed E-state index contributed by atoms with van der Waals surface area (Å²) in [4.78, 5) is 12.7. The zero-order valence-electron chi connectivity index (χ0n) is 15.4. The molecule has 8 nitrogen and oxygen atoms in total. The van der Waals surface area contributed by atoms with Gasteiger partial charge in [0.15, 0.2) is 5.89 Å². The Balaban J connectivity index is 1.48. The minimum atomic E-state index is 0.318. The molecular weight excluding hydrogens is 344 g/mol. The van der Waals surface area contributed by atoms with Crippen LogP contribution >= 0.6 is 0 Å². The van der Waals surface area contributed by atoms with Gasteiger partial charge in [-0.15, -0.1) is 0 Å². The van der Waals surface area contributed by atoms with Crippen LogP contribution in [0.15, 0.2) is 8.83 Å². The van der Waals surface area contributed by atoms with E-state index >= 15 is 0 Å². The number of oxazole rings is 2. The Morgan fingerprint density at radius 3 is 2.00 bits per heavy atom. The van der Waals surface area contributed by atoms with Crippen molar-refractivity contribution in [3.05, 3.63) is 23.2 Å². The number of piperazine rings is 1. The number of rotatable bonds is 3. The number of nitrogens with zero attached hydrogens (tertiary/aromatic N) is 6. The lowest BCUT2D eigenvalue weighted by Gasteiger charge is -2.34. The molecule has 2 aromatic rings. The van der Waals surface area contributed by atoms with Crippen molar-refractivity contribution in [2.75, 3.05) is 36.0 Å². The molecular formula is C19H22N6O2. The van der Waals surface area contributed by atoms with Crippen LogP contribution in [0.5, 0.6) is 0 Å². The van der Waals surface area contributed by atoms with Gasteiger partial charge in [0.2, 0.25) is 29.0 Å². The van der Waals surface area contributed by atoms with E-state index in [2.05, 4.69) is 27.0 Å². The molecule has 0 bridgehead atoms. The first-order valence-electron chi connectivity index (χ1n) is 9.48. The number of nitriles is 2. The maximum atomic E-state index is 9.49. The lowest BCUT2D eigenvalue weighted by molar-refractivity contribution is 0.362. The van der Waals surface area contributed by atoms with Crippen LogP contribution in [0.2, 0.25) is 0 Å². The van der Waals surface area contributed by atoms with Crippen molar-refractivity contribution in [1.29, 1.82) is 10.5 Å². The van der Waals surface area contributed by atoms with Gasteiger partial charge in [0.1, 0.15) is 12.1 Å². The van der Waals surface area contributed by atoms with Gasteiger partial charge < -0.3 is 18.6 Å². The standard InChI is InChI=1S/C19H22N6O2/c1-13-22-15(11-20)18(26-13)24-7-9-25(10-8-24)19-16(12-21)23-17(27-19)14-5-3-2-4-6-14/h14H,2-10H2,1H3. The number of hydrogen-bond donors (Lipinski definition) is 0. The Kier molecular flexibility index (Phi) is 4.72. The molecule has 1 saturated heterocycles. The van der Waals surface area contributed by atoms with Crippen molar-refractivity contribution < 1.29 is 8.83 Å². The Morgan fingerprint density at radius 2 is 1.41 bits per heavy atom. The van der Waals surface area contributed by atoms with E-state index in [0.717, 1.165) is 12.8 Å². The predicted octanol–water partition coefficient (Wildman–Crippen LogP) is 3.09. The molecule has 0 aromatic carbocycles. The van der Waals surface area contributed by atoms with Gasteiger partial charge in [-0.3, -0.25) is 0 Å². The molecule has 0 amide bonds. The zero-order valence-corrected chi connectivity index (χ0v) is 15.4. The third-order valence-electron chi connectivity index (χ3n) is 5.36. The predicted molar refractivity (Wildman–Crippen MR) is 97.4 cm³/mol. The average molecular weight is 366 g/mol. The molecule has 1 saturated carbocycles. The van der Waals surface area contributed by atoms with Crippen LogP contribution in [0.1, 0.15) is 61.2 Å². The Hall–Kier alpha value is -3.00. The highest BCUT2D eigenvalue weighted by molar-refractivity contribution is 5.52. The first kappa shape index (κ1) is 17.4. The first-order chi connectivity index (χ1) is 13.2. The van der Waals surface area contributed by atoms with E-state index in [-0.39, 0.29) is 0 Å². The van der Waals surface area contributed by atoms with Crippen molar-refractivity contribution in [3.63, 3.8) is 0 Å². The normalized spacial score (nSPS) is 18.3. The summed E-state index contributed by atoms with van der Waals surface area (Å²) in [5, 5.41) is 18.7. The monoisotopic (exact) mass is 366 g/mol. The number of aryl methyl sites for hydroxylation is 1. The Bertz CT molecular complexity index is 888. The minimum Gasteiger partial charge on any atom is -0.424 e. The quantitative estimate of drug-likeness (QED) is 0.816. The van der Waals surface area contributed by atoms with E-state index < -0.39 is 0 Å². The average Bonchev–Trinajstić information content (AvgIpc) is 3.32. The van der Waals surface area contributed by atoms with E-state index in [9.17, 15) is 10.5 Å². The smallest absolute Gasteiger partial charge is 0.234 e. The molecule has 1 aliphatic carbocycles. The molecule has 140 valence electrons. The second-order valence-electron chi connectivity index (χ2n) is 7.13. The molecule has 0 N–H and O–H groups in total. The highest BCUT2D eigenvalue weighted by Gasteiger charge is 2.29. The summed E-state index contributed by atoms with van der Waals surface area (Å²) < 4.78 is 11.7. The van der Waals surface area contributed by atoms with Crippen LogP contribution in [0, 0.1) is 29.6 Å². The molecule has 2 aliphatic rings. The zero-order chi connectivity index (χ0) is 18.8. The number of hydrogen-bond acceptors (Lipinski definition) is 8. The highest BCUT2D eigenvalue weighted by atomic mass is 16.4. The minimum absolute atomic E-state index is 0.318. The van der Waals surface area contributed by atoms with Gasteiger partial charge in [0.05, 0.1) is 0 Å². The molecule has 0 unspecified atom stereocenters. The van der Waals surface area contributed by atoms with Gasteiger partial charge in [-0.05, 0) is 12.8 Å². The first-order valence-corrected chi connectivity index (χ1v) is 9.48. The van der Waals surface area contributed by atoms with Crippen LogP contribution in [0.25, 0.3) is 0 Å². The van der Waals surface area contributed by atoms with Gasteiger partial charge in [-0.25, -0.2) is 9.97 Å². The van der Waals surface area contributed by atoms with E-state index in [1.54, 1.807) is 6.92 Å². The van der Waals surface area contributed by atoms with Crippen molar-refractivity contribution in [2.24, 2.45) is 0 Å². The lowest BCUT2D eigenvalue weighted by Crippen LogP contribution is -2.46. The largest absolute Gasteiger partial charge is 0.424 e. The van der Waals surface area contributed by atoms with Gasteiger partial charge in [-0.2, -0.15) is 10.5 Å². The van der Waals surface area contributed by atoms with Crippen LogP contribution in [0.3, 0.4) is 0 Å². The second-order valence-corrected chi connectivity index (χ2v) is 7.13. The van der Waals surface area contributed by atoms with Gasteiger partial charge in [0, 0.05) is 39.0 Å². The number of anilines is 2. The summed E-state index contributed by atoms with van der Waals surface area (Å²) in [6.45, 7) is 4.39. The lowest BCUT2D eigenvalue weighted by atomic mass is 9.89. The van der Waals surface area contributed by atoms with Crippen LogP contribution in [0.4, 0.5) is 11.8 Å². The highest BCUT2D eigenvalue weighted by Crippen LogP contribution is 2.35. The molecule has 27 heavy (non-hydrogen) atoms. The van der Waals surface area contributed by atoms with Crippen LogP contribution in [-0.4, -0.2) is 36.1 Å². The maximum Gasteiger partial charge on any atom is 0.234 e. The summed E-state index contributed by atoms with van der Waals surface area (Å²) >= 11 is 0. The molecule has 2 aromatic heterocycles. The molecule has 4 rings (SSSR count). The fourth-order valence-corrected chi connectivity index (χ4v) is 3.96. The molecule has 0 spiro atoms. The van der Waals surface area contributed by atoms with Gasteiger partial charge >= 0.3 is 0 Å². The fraction of sp³-hybridized carbons (Fsp3) is 0.579. The molecule has 2 fully saturated rings. The topological polar surface area (TPSA) is 106 Å². The third-order valence-corrected chi connectivity index (χ3v) is 5.36. The molecule has 0 atom stereocenters. The Morgan fingerprint density at radius 1 is 0.852 bits per heavy atom. The van der Waals surface area contributed by atoms with Crippen molar-refractivity contribution >= 4 is 11.8 Å².